The average Bonchev–Trinajstić information content (AvgIpc) is 2.75. The van der Waals surface area contributed by atoms with E-state index in [1.54, 1.807) is 4.31 Å². The molecule has 0 bridgehead atoms. The predicted molar refractivity (Wildman–Crippen MR) is 66.1 cm³/mol. The van der Waals surface area contributed by atoms with E-state index in [0.717, 1.165) is 13.1 Å². The van der Waals surface area contributed by atoms with Gasteiger partial charge in [0.25, 0.3) is 0 Å². The van der Waals surface area contributed by atoms with Crippen molar-refractivity contribution in [3.63, 3.8) is 0 Å². The van der Waals surface area contributed by atoms with E-state index in [-0.39, 0.29) is 11.7 Å². The van der Waals surface area contributed by atoms with Crippen molar-refractivity contribution in [3.05, 3.63) is 0 Å². The third-order valence-electron chi connectivity index (χ3n) is 3.84. The van der Waals surface area contributed by atoms with Crippen LogP contribution < -0.4 is 0 Å². The summed E-state index contributed by atoms with van der Waals surface area (Å²) in [7, 11) is -3.06. The van der Waals surface area contributed by atoms with Gasteiger partial charge in [-0.15, -0.1) is 11.6 Å². The molecular formula is C11H20ClNO2S. The van der Waals surface area contributed by atoms with Gasteiger partial charge in [0.05, 0.1) is 5.75 Å². The lowest BCUT2D eigenvalue weighted by molar-refractivity contribution is 0.440. The van der Waals surface area contributed by atoms with Gasteiger partial charge < -0.3 is 0 Å². The lowest BCUT2D eigenvalue weighted by Crippen LogP contribution is -2.34. The fraction of sp³-hybridized carbons (Fsp3) is 1.00. The van der Waals surface area contributed by atoms with E-state index in [9.17, 15) is 8.42 Å². The van der Waals surface area contributed by atoms with E-state index >= 15 is 0 Å². The highest BCUT2D eigenvalue weighted by molar-refractivity contribution is 7.89. The highest BCUT2D eigenvalue weighted by Gasteiger charge is 2.40. The predicted octanol–water partition coefficient (Wildman–Crippen LogP) is 1.92. The Morgan fingerprint density at radius 1 is 1.31 bits per heavy atom. The molecular weight excluding hydrogens is 246 g/mol. The molecule has 94 valence electrons. The average molecular weight is 266 g/mol. The molecule has 1 aliphatic heterocycles. The molecule has 16 heavy (non-hydrogen) atoms. The zero-order valence-electron chi connectivity index (χ0n) is 9.73. The molecule has 3 unspecified atom stereocenters. The van der Waals surface area contributed by atoms with Crippen LogP contribution in [-0.2, 0) is 10.0 Å². The van der Waals surface area contributed by atoms with Crippen molar-refractivity contribution in [1.29, 1.82) is 0 Å². The van der Waals surface area contributed by atoms with Gasteiger partial charge >= 0.3 is 0 Å². The molecule has 3 nitrogen and oxygen atoms in total. The maximum absolute atomic E-state index is 12.1. The van der Waals surface area contributed by atoms with Crippen molar-refractivity contribution in [2.75, 3.05) is 24.7 Å². The van der Waals surface area contributed by atoms with Crippen molar-refractivity contribution in [1.82, 2.24) is 4.31 Å². The smallest absolute Gasteiger partial charge is 0.212 e. The van der Waals surface area contributed by atoms with Gasteiger partial charge in [0.15, 0.2) is 0 Å². The molecule has 0 spiro atoms. The molecule has 0 aromatic rings. The Morgan fingerprint density at radius 2 is 1.88 bits per heavy atom. The number of hydrogen-bond donors (Lipinski definition) is 0. The Kier molecular flexibility index (Phi) is 3.82. The molecule has 1 heterocycles. The van der Waals surface area contributed by atoms with E-state index in [1.807, 2.05) is 6.92 Å². The first-order valence-corrected chi connectivity index (χ1v) is 8.21. The van der Waals surface area contributed by atoms with Gasteiger partial charge in [-0.05, 0) is 30.6 Å². The lowest BCUT2D eigenvalue weighted by atomic mass is 10.0. The summed E-state index contributed by atoms with van der Waals surface area (Å²) in [6.07, 6.45) is 3.70. The molecule has 0 amide bonds. The van der Waals surface area contributed by atoms with Gasteiger partial charge in [0.2, 0.25) is 10.0 Å². The van der Waals surface area contributed by atoms with Crippen LogP contribution in [0.2, 0.25) is 0 Å². The first-order valence-electron chi connectivity index (χ1n) is 6.06. The summed E-state index contributed by atoms with van der Waals surface area (Å²) < 4.78 is 25.9. The lowest BCUT2D eigenvalue weighted by Gasteiger charge is -2.19. The number of halogens is 1. The van der Waals surface area contributed by atoms with Crippen molar-refractivity contribution in [2.24, 2.45) is 17.8 Å². The molecule has 2 aliphatic rings. The molecule has 0 N–H and O–H groups in total. The Morgan fingerprint density at radius 3 is 2.38 bits per heavy atom. The third-order valence-corrected chi connectivity index (χ3v) is 6.45. The van der Waals surface area contributed by atoms with E-state index in [1.165, 1.54) is 19.3 Å². The molecule has 5 heteroatoms. The van der Waals surface area contributed by atoms with Gasteiger partial charge in [-0.3, -0.25) is 0 Å². The fourth-order valence-electron chi connectivity index (χ4n) is 2.93. The minimum atomic E-state index is -3.06. The molecule has 0 radical (unpaired) electrons. The standard InChI is InChI=1S/C11H20ClNO2S/c1-9(5-12)8-16(14,15)13-6-10-3-2-4-11(10)7-13/h9-11H,2-8H2,1H3. The van der Waals surface area contributed by atoms with Gasteiger partial charge in [0.1, 0.15) is 0 Å². The van der Waals surface area contributed by atoms with Crippen molar-refractivity contribution < 1.29 is 8.42 Å². The fourth-order valence-corrected chi connectivity index (χ4v) is 5.05. The molecule has 1 saturated heterocycles. The van der Waals surface area contributed by atoms with Gasteiger partial charge in [-0.2, -0.15) is 0 Å². The molecule has 1 aliphatic carbocycles. The van der Waals surface area contributed by atoms with Gasteiger partial charge in [-0.25, -0.2) is 12.7 Å². The molecule has 0 aromatic heterocycles. The van der Waals surface area contributed by atoms with Crippen molar-refractivity contribution >= 4 is 21.6 Å². The van der Waals surface area contributed by atoms with Crippen LogP contribution in [0.3, 0.4) is 0 Å². The van der Waals surface area contributed by atoms with Crippen LogP contribution in [-0.4, -0.2) is 37.4 Å². The number of rotatable bonds is 4. The van der Waals surface area contributed by atoms with Crippen LogP contribution in [0.15, 0.2) is 0 Å². The van der Waals surface area contributed by atoms with E-state index < -0.39 is 10.0 Å². The first kappa shape index (κ1) is 12.7. The van der Waals surface area contributed by atoms with Crippen LogP contribution >= 0.6 is 11.6 Å². The quantitative estimate of drug-likeness (QED) is 0.729. The monoisotopic (exact) mass is 265 g/mol. The third kappa shape index (κ3) is 2.54. The summed E-state index contributed by atoms with van der Waals surface area (Å²) in [4.78, 5) is 0. The summed E-state index contributed by atoms with van der Waals surface area (Å²) in [5, 5.41) is 0. The minimum Gasteiger partial charge on any atom is -0.212 e. The number of alkyl halides is 1. The Hall–Kier alpha value is 0.200. The highest BCUT2D eigenvalue weighted by Crippen LogP contribution is 2.38. The van der Waals surface area contributed by atoms with E-state index in [4.69, 9.17) is 11.6 Å². The zero-order valence-corrected chi connectivity index (χ0v) is 11.3. The van der Waals surface area contributed by atoms with Crippen LogP contribution in [0.4, 0.5) is 0 Å². The molecule has 1 saturated carbocycles. The Bertz CT molecular complexity index is 332. The Labute approximate surface area is 103 Å². The second-order valence-corrected chi connectivity index (χ2v) is 7.63. The Balaban J connectivity index is 1.98. The molecule has 2 fully saturated rings. The second-order valence-electron chi connectivity index (χ2n) is 5.31. The first-order chi connectivity index (χ1) is 7.53. The highest BCUT2D eigenvalue weighted by atomic mass is 35.5. The summed E-state index contributed by atoms with van der Waals surface area (Å²) in [6.45, 7) is 3.39. The molecule has 0 aromatic carbocycles. The number of nitrogens with zero attached hydrogens (tertiary/aromatic N) is 1. The van der Waals surface area contributed by atoms with Crippen molar-refractivity contribution in [2.45, 2.75) is 26.2 Å². The SMILES string of the molecule is CC(CCl)CS(=O)(=O)N1CC2CCCC2C1. The summed E-state index contributed by atoms with van der Waals surface area (Å²) >= 11 is 5.68. The van der Waals surface area contributed by atoms with E-state index in [0.29, 0.717) is 17.7 Å². The summed E-state index contributed by atoms with van der Waals surface area (Å²) in [5.41, 5.74) is 0. The topological polar surface area (TPSA) is 37.4 Å². The zero-order chi connectivity index (χ0) is 11.8. The van der Waals surface area contributed by atoms with Gasteiger partial charge in [-0.1, -0.05) is 13.3 Å². The molecule has 3 atom stereocenters. The van der Waals surface area contributed by atoms with Crippen LogP contribution in [0.1, 0.15) is 26.2 Å². The number of fused-ring (bicyclic) bond motifs is 1. The largest absolute Gasteiger partial charge is 0.214 e. The van der Waals surface area contributed by atoms with Gasteiger partial charge in [0, 0.05) is 19.0 Å². The minimum absolute atomic E-state index is 0.0482. The maximum Gasteiger partial charge on any atom is 0.214 e. The summed E-state index contributed by atoms with van der Waals surface area (Å²) in [6, 6.07) is 0. The van der Waals surface area contributed by atoms with E-state index in [2.05, 4.69) is 0 Å². The normalized spacial score (nSPS) is 32.9. The van der Waals surface area contributed by atoms with Crippen LogP contribution in [0.25, 0.3) is 0 Å². The maximum atomic E-state index is 12.1. The summed E-state index contributed by atoms with van der Waals surface area (Å²) in [5.74, 6) is 1.92. The second kappa shape index (κ2) is 4.83. The number of sulfonamides is 1. The number of hydrogen-bond acceptors (Lipinski definition) is 2. The molecule has 2 rings (SSSR count). The van der Waals surface area contributed by atoms with Crippen LogP contribution in [0.5, 0.6) is 0 Å². The van der Waals surface area contributed by atoms with Crippen LogP contribution in [0, 0.1) is 17.8 Å². The van der Waals surface area contributed by atoms with Crippen molar-refractivity contribution in [3.8, 4) is 0 Å².